The molecule has 0 bridgehead atoms. The molecule has 3 aromatic rings. The Morgan fingerprint density at radius 2 is 1.08 bits per heavy atom. The van der Waals surface area contributed by atoms with Gasteiger partial charge >= 0.3 is 0 Å². The van der Waals surface area contributed by atoms with E-state index in [4.69, 9.17) is 14.5 Å². The minimum Gasteiger partial charge on any atom is -0.493 e. The van der Waals surface area contributed by atoms with Crippen LogP contribution in [0.1, 0.15) is 65.2 Å². The van der Waals surface area contributed by atoms with Crippen LogP contribution in [0.4, 0.5) is 0 Å². The van der Waals surface area contributed by atoms with E-state index in [1.54, 1.807) is 0 Å². The third-order valence-corrected chi connectivity index (χ3v) is 8.40. The third-order valence-electron chi connectivity index (χ3n) is 8.40. The highest BCUT2D eigenvalue weighted by molar-refractivity contribution is 5.93. The standard InChI is InChI=1S/C33H47N3O2/c1-26(13-19-35-15-5-3-6-16-35)24-37-30-11-9-28-21-29-10-12-31(23-33(29)34-32(28)22-30)38-25-27(2)14-20-36-17-7-4-8-18-36/h9-12,21-23,26-27H,3-8,13-20,24-25H2,1-2H3. The summed E-state index contributed by atoms with van der Waals surface area (Å²) in [4.78, 5) is 10.2. The van der Waals surface area contributed by atoms with Crippen molar-refractivity contribution < 1.29 is 9.47 Å². The second kappa shape index (κ2) is 13.6. The first-order chi connectivity index (χ1) is 18.6. The van der Waals surface area contributed by atoms with Crippen LogP contribution in [0.25, 0.3) is 21.8 Å². The van der Waals surface area contributed by atoms with Crippen LogP contribution in [0.2, 0.25) is 0 Å². The SMILES string of the molecule is CC(CCN1CCCCC1)COc1ccc2cc3ccc(OCC(C)CCN4CCCCC4)cc3nc2c1. The van der Waals surface area contributed by atoms with Crippen LogP contribution >= 0.6 is 0 Å². The molecule has 2 aromatic carbocycles. The average Bonchev–Trinajstić information content (AvgIpc) is 2.96. The van der Waals surface area contributed by atoms with Crippen molar-refractivity contribution in [2.24, 2.45) is 11.8 Å². The number of fused-ring (bicyclic) bond motifs is 2. The predicted octanol–water partition coefficient (Wildman–Crippen LogP) is 7.17. The number of benzene rings is 2. The van der Waals surface area contributed by atoms with Crippen molar-refractivity contribution in [3.05, 3.63) is 42.5 Å². The van der Waals surface area contributed by atoms with E-state index in [1.165, 1.54) is 90.6 Å². The number of rotatable bonds is 12. The van der Waals surface area contributed by atoms with Crippen LogP contribution in [0.5, 0.6) is 11.5 Å². The van der Waals surface area contributed by atoms with Gasteiger partial charge in [0.15, 0.2) is 0 Å². The highest BCUT2D eigenvalue weighted by Gasteiger charge is 2.14. The summed E-state index contributed by atoms with van der Waals surface area (Å²) < 4.78 is 12.4. The van der Waals surface area contributed by atoms with Gasteiger partial charge in [-0.1, -0.05) is 26.7 Å². The van der Waals surface area contributed by atoms with Crippen molar-refractivity contribution in [3.8, 4) is 11.5 Å². The number of aromatic nitrogens is 1. The Kier molecular flexibility index (Phi) is 9.75. The lowest BCUT2D eigenvalue weighted by Crippen LogP contribution is -2.31. The van der Waals surface area contributed by atoms with Gasteiger partial charge in [-0.3, -0.25) is 0 Å². The van der Waals surface area contributed by atoms with Gasteiger partial charge in [-0.15, -0.1) is 0 Å². The Bertz CT molecular complexity index is 1070. The Labute approximate surface area is 229 Å². The molecule has 2 aliphatic rings. The largest absolute Gasteiger partial charge is 0.493 e. The maximum absolute atomic E-state index is 6.20. The molecule has 206 valence electrons. The fraction of sp³-hybridized carbons (Fsp3) is 0.606. The van der Waals surface area contributed by atoms with Gasteiger partial charge in [0.25, 0.3) is 0 Å². The fourth-order valence-electron chi connectivity index (χ4n) is 5.78. The fourth-order valence-corrected chi connectivity index (χ4v) is 5.78. The zero-order valence-corrected chi connectivity index (χ0v) is 23.7. The lowest BCUT2D eigenvalue weighted by atomic mass is 10.1. The van der Waals surface area contributed by atoms with Crippen molar-refractivity contribution in [2.45, 2.75) is 65.2 Å². The van der Waals surface area contributed by atoms with Crippen LogP contribution in [0.3, 0.4) is 0 Å². The maximum Gasteiger partial charge on any atom is 0.121 e. The minimum absolute atomic E-state index is 0.541. The second-order valence-electron chi connectivity index (χ2n) is 11.9. The molecule has 5 nitrogen and oxygen atoms in total. The smallest absolute Gasteiger partial charge is 0.121 e. The van der Waals surface area contributed by atoms with Crippen LogP contribution in [0, 0.1) is 11.8 Å². The molecule has 2 aliphatic heterocycles. The average molecular weight is 518 g/mol. The number of ether oxygens (including phenoxy) is 2. The summed E-state index contributed by atoms with van der Waals surface area (Å²) in [5.74, 6) is 2.89. The zero-order valence-electron chi connectivity index (χ0n) is 23.7. The van der Waals surface area contributed by atoms with Gasteiger partial charge in [0.1, 0.15) is 11.5 Å². The van der Waals surface area contributed by atoms with Crippen LogP contribution in [0.15, 0.2) is 42.5 Å². The summed E-state index contributed by atoms with van der Waals surface area (Å²) in [6.07, 6.45) is 10.6. The van der Waals surface area contributed by atoms with Crippen molar-refractivity contribution in [1.29, 1.82) is 0 Å². The first-order valence-electron chi connectivity index (χ1n) is 15.2. The first-order valence-corrected chi connectivity index (χ1v) is 15.2. The molecular weight excluding hydrogens is 470 g/mol. The Morgan fingerprint density at radius 1 is 0.632 bits per heavy atom. The van der Waals surface area contributed by atoms with Gasteiger partial charge in [-0.25, -0.2) is 4.98 Å². The molecule has 0 radical (unpaired) electrons. The number of hydrogen-bond donors (Lipinski definition) is 0. The molecule has 5 heteroatoms. The quantitative estimate of drug-likeness (QED) is 0.238. The second-order valence-corrected chi connectivity index (χ2v) is 11.9. The number of likely N-dealkylation sites (tertiary alicyclic amines) is 2. The van der Waals surface area contributed by atoms with Crippen molar-refractivity contribution in [3.63, 3.8) is 0 Å². The van der Waals surface area contributed by atoms with Crippen LogP contribution in [-0.2, 0) is 0 Å². The van der Waals surface area contributed by atoms with Gasteiger partial charge in [0.2, 0.25) is 0 Å². The molecule has 0 spiro atoms. The summed E-state index contributed by atoms with van der Waals surface area (Å²) in [5, 5.41) is 2.28. The van der Waals surface area contributed by atoms with Gasteiger partial charge in [0, 0.05) is 22.9 Å². The molecule has 5 rings (SSSR count). The van der Waals surface area contributed by atoms with E-state index in [0.717, 1.165) is 46.5 Å². The number of piperidine rings is 2. The van der Waals surface area contributed by atoms with E-state index in [1.807, 2.05) is 0 Å². The normalized spacial score (nSPS) is 19.0. The van der Waals surface area contributed by atoms with Gasteiger partial charge in [-0.05, 0) is 120 Å². The molecule has 0 amide bonds. The summed E-state index contributed by atoms with van der Waals surface area (Å²) in [7, 11) is 0. The van der Waals surface area contributed by atoms with Crippen LogP contribution < -0.4 is 9.47 Å². The van der Waals surface area contributed by atoms with E-state index >= 15 is 0 Å². The molecule has 2 unspecified atom stereocenters. The Morgan fingerprint density at radius 3 is 1.53 bits per heavy atom. The highest BCUT2D eigenvalue weighted by atomic mass is 16.5. The summed E-state index contributed by atoms with van der Waals surface area (Å²) in [6, 6.07) is 14.8. The van der Waals surface area contributed by atoms with Crippen molar-refractivity contribution in [1.82, 2.24) is 14.8 Å². The molecular formula is C33H47N3O2. The number of nitrogens with zero attached hydrogens (tertiary/aromatic N) is 3. The number of pyridine rings is 1. The third kappa shape index (κ3) is 7.83. The molecule has 2 saturated heterocycles. The number of hydrogen-bond acceptors (Lipinski definition) is 5. The molecule has 0 N–H and O–H groups in total. The molecule has 0 aliphatic carbocycles. The van der Waals surface area contributed by atoms with Crippen molar-refractivity contribution in [2.75, 3.05) is 52.5 Å². The van der Waals surface area contributed by atoms with Gasteiger partial charge in [-0.2, -0.15) is 0 Å². The lowest BCUT2D eigenvalue weighted by Gasteiger charge is -2.27. The summed E-state index contributed by atoms with van der Waals surface area (Å²) in [5.41, 5.74) is 1.95. The van der Waals surface area contributed by atoms with E-state index in [-0.39, 0.29) is 0 Å². The summed E-state index contributed by atoms with van der Waals surface area (Å²) >= 11 is 0. The first kappa shape index (κ1) is 27.2. The van der Waals surface area contributed by atoms with Gasteiger partial charge in [0.05, 0.1) is 24.2 Å². The molecule has 1 aromatic heterocycles. The maximum atomic E-state index is 6.20. The summed E-state index contributed by atoms with van der Waals surface area (Å²) in [6.45, 7) is 13.5. The van der Waals surface area contributed by atoms with E-state index in [9.17, 15) is 0 Å². The van der Waals surface area contributed by atoms with Crippen LogP contribution in [-0.4, -0.2) is 67.3 Å². The van der Waals surface area contributed by atoms with E-state index < -0.39 is 0 Å². The van der Waals surface area contributed by atoms with Crippen molar-refractivity contribution >= 4 is 21.8 Å². The Balaban J connectivity index is 1.14. The lowest BCUT2D eigenvalue weighted by molar-refractivity contribution is 0.192. The monoisotopic (exact) mass is 517 g/mol. The highest BCUT2D eigenvalue weighted by Crippen LogP contribution is 2.27. The molecule has 2 atom stereocenters. The van der Waals surface area contributed by atoms with E-state index in [0.29, 0.717) is 11.8 Å². The molecule has 3 heterocycles. The molecule has 38 heavy (non-hydrogen) atoms. The van der Waals surface area contributed by atoms with E-state index in [2.05, 4.69) is 66.1 Å². The topological polar surface area (TPSA) is 37.8 Å². The zero-order chi connectivity index (χ0) is 26.2. The molecule has 2 fully saturated rings. The predicted molar refractivity (Wildman–Crippen MR) is 158 cm³/mol. The Hall–Kier alpha value is -2.37. The molecule has 0 saturated carbocycles. The minimum atomic E-state index is 0.541. The van der Waals surface area contributed by atoms with Gasteiger partial charge < -0.3 is 19.3 Å².